The molecule has 110 valence electrons. The Bertz CT molecular complexity index is 685. The molecular formula is C12H13N5O3S. The number of carbonyl (C=O) groups is 1. The molecule has 0 saturated heterocycles. The van der Waals surface area contributed by atoms with Crippen molar-refractivity contribution in [2.75, 3.05) is 17.2 Å². The lowest BCUT2D eigenvalue weighted by Gasteiger charge is -2.06. The van der Waals surface area contributed by atoms with Gasteiger partial charge in [0.1, 0.15) is 0 Å². The zero-order valence-corrected chi connectivity index (χ0v) is 12.2. The number of nitrogens with zero attached hydrogens (tertiary/aromatic N) is 3. The van der Waals surface area contributed by atoms with Crippen LogP contribution in [0.3, 0.4) is 0 Å². The van der Waals surface area contributed by atoms with Crippen molar-refractivity contribution in [2.24, 2.45) is 0 Å². The molecule has 0 radical (unpaired) electrons. The number of amides is 1. The average Bonchev–Trinajstić information content (AvgIpc) is 2.90. The van der Waals surface area contributed by atoms with Crippen molar-refractivity contribution in [1.29, 1.82) is 0 Å². The van der Waals surface area contributed by atoms with Crippen LogP contribution in [0.4, 0.5) is 16.5 Å². The maximum absolute atomic E-state index is 12.0. The monoisotopic (exact) mass is 307 g/mol. The number of carbonyl (C=O) groups excluding carboxylic acids is 1. The first-order valence-electron chi connectivity index (χ1n) is 6.15. The molecule has 8 nitrogen and oxygen atoms in total. The second-order valence-electron chi connectivity index (χ2n) is 4.15. The second kappa shape index (κ2) is 6.27. The van der Waals surface area contributed by atoms with Crippen LogP contribution in [0.25, 0.3) is 0 Å². The summed E-state index contributed by atoms with van der Waals surface area (Å²) < 4.78 is 0. The summed E-state index contributed by atoms with van der Waals surface area (Å²) in [5, 5.41) is 24.7. The van der Waals surface area contributed by atoms with E-state index in [2.05, 4.69) is 20.8 Å². The largest absolute Gasteiger partial charge is 0.360 e. The van der Waals surface area contributed by atoms with Gasteiger partial charge in [0.15, 0.2) is 0 Å². The van der Waals surface area contributed by atoms with Gasteiger partial charge in [-0.2, -0.15) is 0 Å². The van der Waals surface area contributed by atoms with Gasteiger partial charge in [-0.15, -0.1) is 10.2 Å². The number of hydrogen-bond acceptors (Lipinski definition) is 7. The van der Waals surface area contributed by atoms with E-state index in [1.54, 1.807) is 6.92 Å². The van der Waals surface area contributed by atoms with E-state index in [1.165, 1.54) is 18.2 Å². The van der Waals surface area contributed by atoms with Crippen LogP contribution in [-0.4, -0.2) is 27.6 Å². The minimum Gasteiger partial charge on any atom is -0.360 e. The van der Waals surface area contributed by atoms with Crippen LogP contribution in [-0.2, 0) is 0 Å². The molecule has 0 aliphatic rings. The average molecular weight is 307 g/mol. The van der Waals surface area contributed by atoms with Gasteiger partial charge in [0.2, 0.25) is 10.1 Å². The molecule has 0 fully saturated rings. The van der Waals surface area contributed by atoms with Crippen LogP contribution in [0, 0.1) is 17.0 Å². The summed E-state index contributed by atoms with van der Waals surface area (Å²) in [5.74, 6) is -0.395. The van der Waals surface area contributed by atoms with Crippen LogP contribution < -0.4 is 10.6 Å². The lowest BCUT2D eigenvalue weighted by molar-refractivity contribution is -0.384. The Morgan fingerprint density at radius 3 is 2.81 bits per heavy atom. The number of rotatable bonds is 5. The third-order valence-corrected chi connectivity index (χ3v) is 3.50. The zero-order chi connectivity index (χ0) is 15.4. The molecule has 2 aromatic rings. The molecule has 2 N–H and O–H groups in total. The summed E-state index contributed by atoms with van der Waals surface area (Å²) in [4.78, 5) is 22.2. The first kappa shape index (κ1) is 14.9. The van der Waals surface area contributed by atoms with Crippen molar-refractivity contribution in [2.45, 2.75) is 13.8 Å². The van der Waals surface area contributed by atoms with Crippen LogP contribution in [0.15, 0.2) is 18.2 Å². The maximum atomic E-state index is 12.0. The Morgan fingerprint density at radius 1 is 1.43 bits per heavy atom. The van der Waals surface area contributed by atoms with E-state index >= 15 is 0 Å². The molecule has 0 spiro atoms. The molecule has 1 aromatic heterocycles. The third-order valence-electron chi connectivity index (χ3n) is 2.62. The number of aromatic nitrogens is 2. The highest BCUT2D eigenvalue weighted by Crippen LogP contribution is 2.22. The first-order valence-corrected chi connectivity index (χ1v) is 6.96. The molecule has 2 rings (SSSR count). The van der Waals surface area contributed by atoms with Crippen molar-refractivity contribution in [1.82, 2.24) is 10.2 Å². The number of nitro groups is 1. The molecule has 0 bridgehead atoms. The second-order valence-corrected chi connectivity index (χ2v) is 5.13. The molecule has 0 aliphatic heterocycles. The quantitative estimate of drug-likeness (QED) is 0.648. The van der Waals surface area contributed by atoms with Gasteiger partial charge in [0, 0.05) is 24.4 Å². The van der Waals surface area contributed by atoms with E-state index in [0.717, 1.165) is 11.3 Å². The molecule has 0 atom stereocenters. The number of aryl methyl sites for hydroxylation is 1. The van der Waals surface area contributed by atoms with Crippen LogP contribution in [0.5, 0.6) is 0 Å². The predicted molar refractivity (Wildman–Crippen MR) is 79.9 cm³/mol. The van der Waals surface area contributed by atoms with Gasteiger partial charge < -0.3 is 10.6 Å². The summed E-state index contributed by atoms with van der Waals surface area (Å²) >= 11 is 1.15. The summed E-state index contributed by atoms with van der Waals surface area (Å²) in [7, 11) is 0. The fourth-order valence-corrected chi connectivity index (χ4v) is 2.32. The van der Waals surface area contributed by atoms with E-state index in [1.807, 2.05) is 6.92 Å². The number of non-ortho nitro benzene ring substituents is 1. The normalized spacial score (nSPS) is 10.2. The number of anilines is 2. The smallest absolute Gasteiger partial charge is 0.286 e. The topological polar surface area (TPSA) is 110 Å². The zero-order valence-electron chi connectivity index (χ0n) is 11.4. The highest BCUT2D eigenvalue weighted by atomic mass is 32.1. The Hall–Kier alpha value is -2.55. The summed E-state index contributed by atoms with van der Waals surface area (Å²) in [6.45, 7) is 4.30. The van der Waals surface area contributed by atoms with Gasteiger partial charge in [-0.1, -0.05) is 11.3 Å². The Labute approximate surface area is 124 Å². The fourth-order valence-electron chi connectivity index (χ4n) is 1.62. The fraction of sp³-hybridized carbons (Fsp3) is 0.250. The highest BCUT2D eigenvalue weighted by molar-refractivity contribution is 7.17. The van der Waals surface area contributed by atoms with E-state index < -0.39 is 10.8 Å². The van der Waals surface area contributed by atoms with Crippen molar-refractivity contribution in [3.8, 4) is 0 Å². The van der Waals surface area contributed by atoms with Crippen LogP contribution in [0.2, 0.25) is 0 Å². The molecule has 0 unspecified atom stereocenters. The molecule has 1 aromatic carbocycles. The van der Waals surface area contributed by atoms with Crippen molar-refractivity contribution >= 4 is 33.8 Å². The van der Waals surface area contributed by atoms with Gasteiger partial charge in [-0.3, -0.25) is 14.9 Å². The van der Waals surface area contributed by atoms with Gasteiger partial charge in [0.25, 0.3) is 11.6 Å². The number of nitrogens with one attached hydrogen (secondary N) is 2. The Morgan fingerprint density at radius 2 is 2.19 bits per heavy atom. The SMILES string of the molecule is CCNc1nnc(C(=O)Nc2ccc([N+](=O)[O-])cc2C)s1. The maximum Gasteiger partial charge on any atom is 0.286 e. The first-order chi connectivity index (χ1) is 10.0. The standard InChI is InChI=1S/C12H13N5O3S/c1-3-13-12-16-15-11(21-12)10(18)14-9-5-4-8(17(19)20)6-7(9)2/h4-6H,3H2,1-2H3,(H,13,16)(H,14,18). The van der Waals surface area contributed by atoms with E-state index in [4.69, 9.17) is 0 Å². The third kappa shape index (κ3) is 3.51. The molecule has 1 amide bonds. The number of hydrogen-bond donors (Lipinski definition) is 2. The van der Waals surface area contributed by atoms with E-state index in [0.29, 0.717) is 22.9 Å². The molecule has 21 heavy (non-hydrogen) atoms. The van der Waals surface area contributed by atoms with Gasteiger partial charge >= 0.3 is 0 Å². The van der Waals surface area contributed by atoms with Crippen LogP contribution >= 0.6 is 11.3 Å². The summed E-state index contributed by atoms with van der Waals surface area (Å²) in [5.41, 5.74) is 1.09. The molecular weight excluding hydrogens is 294 g/mol. The molecule has 1 heterocycles. The van der Waals surface area contributed by atoms with Gasteiger partial charge in [-0.25, -0.2) is 0 Å². The van der Waals surface area contributed by atoms with Crippen molar-refractivity contribution in [3.05, 3.63) is 38.9 Å². The lowest BCUT2D eigenvalue weighted by atomic mass is 10.2. The molecule has 0 saturated carbocycles. The number of nitro benzene ring substituents is 1. The molecule has 0 aliphatic carbocycles. The predicted octanol–water partition coefficient (Wildman–Crippen LogP) is 2.44. The summed E-state index contributed by atoms with van der Waals surface area (Å²) in [6.07, 6.45) is 0. The van der Waals surface area contributed by atoms with Crippen molar-refractivity contribution < 1.29 is 9.72 Å². The van der Waals surface area contributed by atoms with Crippen molar-refractivity contribution in [3.63, 3.8) is 0 Å². The lowest BCUT2D eigenvalue weighted by Crippen LogP contribution is -2.12. The van der Waals surface area contributed by atoms with Gasteiger partial charge in [0.05, 0.1) is 4.92 Å². The Balaban J connectivity index is 2.13. The minimum absolute atomic E-state index is 0.0177. The minimum atomic E-state index is -0.480. The van der Waals surface area contributed by atoms with Crippen LogP contribution in [0.1, 0.15) is 22.3 Å². The summed E-state index contributed by atoms with van der Waals surface area (Å²) in [6, 6.07) is 4.24. The van der Waals surface area contributed by atoms with E-state index in [9.17, 15) is 14.9 Å². The van der Waals surface area contributed by atoms with Gasteiger partial charge in [-0.05, 0) is 25.5 Å². The number of benzene rings is 1. The Kier molecular flexibility index (Phi) is 4.43. The molecule has 9 heteroatoms. The van der Waals surface area contributed by atoms with E-state index in [-0.39, 0.29) is 10.7 Å². The highest BCUT2D eigenvalue weighted by Gasteiger charge is 2.15.